The van der Waals surface area contributed by atoms with Gasteiger partial charge in [-0.1, -0.05) is 18.2 Å². The minimum Gasteiger partial charge on any atom is -0.459 e. The third-order valence-electron chi connectivity index (χ3n) is 4.10. The summed E-state index contributed by atoms with van der Waals surface area (Å²) in [5.41, 5.74) is 0.785. The Morgan fingerprint density at radius 2 is 2.17 bits per heavy atom. The summed E-state index contributed by atoms with van der Waals surface area (Å²) in [7, 11) is -2.91. The molecule has 124 valence electrons. The van der Waals surface area contributed by atoms with Crippen molar-refractivity contribution in [2.75, 3.05) is 18.1 Å². The van der Waals surface area contributed by atoms with Gasteiger partial charge in [0.05, 0.1) is 17.5 Å². The van der Waals surface area contributed by atoms with E-state index in [-0.39, 0.29) is 29.5 Å². The minimum atomic E-state index is -2.91. The highest BCUT2D eigenvalue weighted by atomic mass is 32.2. The summed E-state index contributed by atoms with van der Waals surface area (Å²) in [4.78, 5) is 11.9. The van der Waals surface area contributed by atoms with Crippen molar-refractivity contribution in [2.24, 2.45) is 5.92 Å². The standard InChI is InChI=1S/C16H20N2O4S/c1-11(15-8-13-4-2-3-5-14(13)22-15)18-16(19)17-9-12-6-7-23(20,21)10-12/h2-5,8,11-12H,6-7,9-10H2,1H3,(H2,17,18,19)/t11-,12-/m0/s1. The molecule has 6 nitrogen and oxygen atoms in total. The van der Waals surface area contributed by atoms with Gasteiger partial charge in [-0.05, 0) is 31.4 Å². The van der Waals surface area contributed by atoms with Crippen molar-refractivity contribution < 1.29 is 17.6 Å². The van der Waals surface area contributed by atoms with Crippen molar-refractivity contribution in [1.29, 1.82) is 0 Å². The molecular weight excluding hydrogens is 316 g/mol. The highest BCUT2D eigenvalue weighted by Gasteiger charge is 2.28. The van der Waals surface area contributed by atoms with Gasteiger partial charge in [0.2, 0.25) is 0 Å². The van der Waals surface area contributed by atoms with Crippen molar-refractivity contribution in [3.8, 4) is 0 Å². The largest absolute Gasteiger partial charge is 0.459 e. The molecule has 0 bridgehead atoms. The van der Waals surface area contributed by atoms with E-state index in [1.54, 1.807) is 0 Å². The van der Waals surface area contributed by atoms with Gasteiger partial charge in [-0.3, -0.25) is 0 Å². The molecule has 7 heteroatoms. The molecule has 0 unspecified atom stereocenters. The maximum Gasteiger partial charge on any atom is 0.315 e. The van der Waals surface area contributed by atoms with Crippen LogP contribution in [0.2, 0.25) is 0 Å². The minimum absolute atomic E-state index is 0.00672. The first-order chi connectivity index (χ1) is 10.9. The van der Waals surface area contributed by atoms with Crippen LogP contribution in [0, 0.1) is 5.92 Å². The zero-order valence-electron chi connectivity index (χ0n) is 12.9. The monoisotopic (exact) mass is 336 g/mol. The van der Waals surface area contributed by atoms with Crippen molar-refractivity contribution in [3.63, 3.8) is 0 Å². The summed E-state index contributed by atoms with van der Waals surface area (Å²) in [5, 5.41) is 6.54. The van der Waals surface area contributed by atoms with Crippen LogP contribution in [0.1, 0.15) is 25.1 Å². The summed E-state index contributed by atoms with van der Waals surface area (Å²) in [6.07, 6.45) is 0.613. The van der Waals surface area contributed by atoms with E-state index in [0.29, 0.717) is 18.7 Å². The number of benzene rings is 1. The number of urea groups is 1. The molecule has 1 saturated heterocycles. The molecule has 0 spiro atoms. The van der Waals surface area contributed by atoms with Gasteiger partial charge < -0.3 is 15.1 Å². The van der Waals surface area contributed by atoms with E-state index in [1.807, 2.05) is 37.3 Å². The van der Waals surface area contributed by atoms with Gasteiger partial charge in [-0.15, -0.1) is 0 Å². The van der Waals surface area contributed by atoms with E-state index in [2.05, 4.69) is 10.6 Å². The number of hydrogen-bond donors (Lipinski definition) is 2. The van der Waals surface area contributed by atoms with E-state index in [1.165, 1.54) is 0 Å². The summed E-state index contributed by atoms with van der Waals surface area (Å²) in [5.74, 6) is 1.07. The fourth-order valence-corrected chi connectivity index (χ4v) is 4.67. The second-order valence-corrected chi connectivity index (χ2v) is 8.26. The third-order valence-corrected chi connectivity index (χ3v) is 5.93. The third kappa shape index (κ3) is 3.85. The topological polar surface area (TPSA) is 88.4 Å². The number of sulfone groups is 1. The van der Waals surface area contributed by atoms with Crippen LogP contribution in [0.25, 0.3) is 11.0 Å². The van der Waals surface area contributed by atoms with Crippen molar-refractivity contribution in [2.45, 2.75) is 19.4 Å². The second kappa shape index (κ2) is 6.23. The molecule has 2 heterocycles. The van der Waals surface area contributed by atoms with Crippen LogP contribution in [-0.4, -0.2) is 32.5 Å². The Kier molecular flexibility index (Phi) is 4.30. The number of furan rings is 1. The number of nitrogens with one attached hydrogen (secondary N) is 2. The van der Waals surface area contributed by atoms with Crippen LogP contribution in [0.15, 0.2) is 34.7 Å². The lowest BCUT2D eigenvalue weighted by atomic mass is 10.1. The smallest absolute Gasteiger partial charge is 0.315 e. The molecule has 1 aliphatic rings. The van der Waals surface area contributed by atoms with E-state index >= 15 is 0 Å². The van der Waals surface area contributed by atoms with E-state index in [9.17, 15) is 13.2 Å². The molecule has 0 saturated carbocycles. The number of amides is 2. The molecule has 1 fully saturated rings. The Labute approximate surface area is 135 Å². The van der Waals surface area contributed by atoms with Crippen molar-refractivity contribution >= 4 is 26.8 Å². The van der Waals surface area contributed by atoms with Gasteiger partial charge >= 0.3 is 6.03 Å². The fraction of sp³-hybridized carbons (Fsp3) is 0.438. The SMILES string of the molecule is C[C@H](NC(=O)NC[C@@H]1CCS(=O)(=O)C1)c1cc2ccccc2o1. The lowest BCUT2D eigenvalue weighted by Crippen LogP contribution is -2.39. The Hall–Kier alpha value is -2.02. The molecule has 2 amide bonds. The fourth-order valence-electron chi connectivity index (χ4n) is 2.80. The van der Waals surface area contributed by atoms with Crippen LogP contribution in [0.4, 0.5) is 4.79 Å². The zero-order valence-corrected chi connectivity index (χ0v) is 13.7. The van der Waals surface area contributed by atoms with Gasteiger partial charge in [0.25, 0.3) is 0 Å². The van der Waals surface area contributed by atoms with Crippen LogP contribution in [0.3, 0.4) is 0 Å². The van der Waals surface area contributed by atoms with Crippen LogP contribution in [0.5, 0.6) is 0 Å². The van der Waals surface area contributed by atoms with Crippen LogP contribution >= 0.6 is 0 Å². The average Bonchev–Trinajstić information content (AvgIpc) is 3.08. The van der Waals surface area contributed by atoms with E-state index in [0.717, 1.165) is 11.0 Å². The molecule has 1 aromatic carbocycles. The normalized spacial score (nSPS) is 21.2. The molecule has 2 N–H and O–H groups in total. The van der Waals surface area contributed by atoms with Gasteiger partial charge in [-0.25, -0.2) is 13.2 Å². The number of fused-ring (bicyclic) bond motifs is 1. The molecule has 2 atom stereocenters. The van der Waals surface area contributed by atoms with Crippen LogP contribution < -0.4 is 10.6 Å². The van der Waals surface area contributed by atoms with Gasteiger partial charge in [0, 0.05) is 11.9 Å². The predicted octanol–water partition coefficient (Wildman–Crippen LogP) is 2.23. The number of rotatable bonds is 4. The average molecular weight is 336 g/mol. The first-order valence-corrected chi connectivity index (χ1v) is 9.48. The number of para-hydroxylation sites is 1. The Balaban J connectivity index is 1.53. The van der Waals surface area contributed by atoms with Crippen molar-refractivity contribution in [3.05, 3.63) is 36.1 Å². The quantitative estimate of drug-likeness (QED) is 0.896. The van der Waals surface area contributed by atoms with E-state index < -0.39 is 9.84 Å². The molecule has 1 aromatic heterocycles. The first kappa shape index (κ1) is 15.9. The number of hydrogen-bond acceptors (Lipinski definition) is 4. The maximum absolute atomic E-state index is 11.9. The predicted molar refractivity (Wildman–Crippen MR) is 87.9 cm³/mol. The van der Waals surface area contributed by atoms with Gasteiger partial charge in [0.1, 0.15) is 11.3 Å². The zero-order chi connectivity index (χ0) is 16.4. The lowest BCUT2D eigenvalue weighted by Gasteiger charge is -2.14. The highest BCUT2D eigenvalue weighted by molar-refractivity contribution is 7.91. The summed E-state index contributed by atoms with van der Waals surface area (Å²) in [6, 6.07) is 8.99. The second-order valence-electron chi connectivity index (χ2n) is 6.03. The summed E-state index contributed by atoms with van der Waals surface area (Å²) >= 11 is 0. The maximum atomic E-state index is 11.9. The van der Waals surface area contributed by atoms with Crippen LogP contribution in [-0.2, 0) is 9.84 Å². The number of carbonyl (C=O) groups is 1. The summed E-state index contributed by atoms with van der Waals surface area (Å²) in [6.45, 7) is 2.22. The molecule has 0 aliphatic carbocycles. The Bertz CT molecular complexity index is 779. The Morgan fingerprint density at radius 3 is 2.87 bits per heavy atom. The summed E-state index contributed by atoms with van der Waals surface area (Å²) < 4.78 is 28.5. The van der Waals surface area contributed by atoms with Gasteiger partial charge in [-0.2, -0.15) is 0 Å². The number of carbonyl (C=O) groups excluding carboxylic acids is 1. The molecule has 0 radical (unpaired) electrons. The molecule has 23 heavy (non-hydrogen) atoms. The Morgan fingerprint density at radius 1 is 1.39 bits per heavy atom. The molecule has 1 aliphatic heterocycles. The molecule has 3 rings (SSSR count). The molecule has 2 aromatic rings. The van der Waals surface area contributed by atoms with Crippen molar-refractivity contribution in [1.82, 2.24) is 10.6 Å². The lowest BCUT2D eigenvalue weighted by molar-refractivity contribution is 0.235. The molecular formula is C16H20N2O4S. The highest BCUT2D eigenvalue weighted by Crippen LogP contribution is 2.23. The van der Waals surface area contributed by atoms with Gasteiger partial charge in [0.15, 0.2) is 9.84 Å². The van der Waals surface area contributed by atoms with E-state index in [4.69, 9.17) is 4.42 Å². The first-order valence-electron chi connectivity index (χ1n) is 7.66.